The van der Waals surface area contributed by atoms with Crippen molar-refractivity contribution in [3.05, 3.63) is 65.7 Å². The highest BCUT2D eigenvalue weighted by atomic mass is 16.5. The summed E-state index contributed by atoms with van der Waals surface area (Å²) in [4.78, 5) is 38.6. The number of amides is 2. The smallest absolute Gasteiger partial charge is 0.408 e. The van der Waals surface area contributed by atoms with Gasteiger partial charge >= 0.3 is 12.1 Å². The van der Waals surface area contributed by atoms with Crippen molar-refractivity contribution in [2.24, 2.45) is 5.92 Å². The topological polar surface area (TPSA) is 95.9 Å². The first-order valence-electron chi connectivity index (χ1n) is 9.49. The number of hydrogen-bond donors (Lipinski definition) is 2. The number of carbonyl (C=O) groups is 3. The monoisotopic (exact) mass is 396 g/mol. The molecule has 0 saturated heterocycles. The third kappa shape index (κ3) is 4.56. The molecule has 1 heterocycles. The van der Waals surface area contributed by atoms with Crippen molar-refractivity contribution in [3.63, 3.8) is 0 Å². The maximum atomic E-state index is 13.3. The number of para-hydroxylation sites is 1. The second-order valence-corrected chi connectivity index (χ2v) is 7.32. The number of aliphatic carboxylic acids is 1. The number of nitrogens with one attached hydrogen (secondary N) is 1. The number of benzene rings is 2. The highest BCUT2D eigenvalue weighted by molar-refractivity contribution is 6.05. The third-order valence-corrected chi connectivity index (χ3v) is 4.92. The molecule has 0 fully saturated rings. The Morgan fingerprint density at radius 1 is 1.10 bits per heavy atom. The SMILES string of the molecule is CC(C)[C@H](NC(=O)OCc1ccccc1)C(=O)N1c2ccccc2C[C@H]1C(=O)O. The second-order valence-electron chi connectivity index (χ2n) is 7.32. The van der Waals surface area contributed by atoms with Gasteiger partial charge in [-0.1, -0.05) is 62.4 Å². The zero-order valence-electron chi connectivity index (χ0n) is 16.4. The molecule has 2 aromatic carbocycles. The Balaban J connectivity index is 1.75. The maximum Gasteiger partial charge on any atom is 0.408 e. The lowest BCUT2D eigenvalue weighted by molar-refractivity contribution is -0.140. The molecule has 29 heavy (non-hydrogen) atoms. The summed E-state index contributed by atoms with van der Waals surface area (Å²) in [7, 11) is 0. The highest BCUT2D eigenvalue weighted by Crippen LogP contribution is 2.33. The van der Waals surface area contributed by atoms with Crippen LogP contribution in [0.5, 0.6) is 0 Å². The van der Waals surface area contributed by atoms with E-state index in [1.54, 1.807) is 26.0 Å². The van der Waals surface area contributed by atoms with Crippen LogP contribution in [0, 0.1) is 5.92 Å². The van der Waals surface area contributed by atoms with Crippen molar-refractivity contribution >= 4 is 23.7 Å². The zero-order valence-corrected chi connectivity index (χ0v) is 16.4. The number of fused-ring (bicyclic) bond motifs is 1. The summed E-state index contributed by atoms with van der Waals surface area (Å²) in [5, 5.41) is 12.2. The molecule has 2 atom stereocenters. The minimum absolute atomic E-state index is 0.0793. The van der Waals surface area contributed by atoms with Gasteiger partial charge in [0.15, 0.2) is 0 Å². The molecule has 0 bridgehead atoms. The fourth-order valence-corrected chi connectivity index (χ4v) is 3.41. The lowest BCUT2D eigenvalue weighted by atomic mass is 10.0. The number of rotatable bonds is 6. The van der Waals surface area contributed by atoms with Gasteiger partial charge in [-0.05, 0) is 23.1 Å². The summed E-state index contributed by atoms with van der Waals surface area (Å²) in [6.07, 6.45) is -0.485. The number of carboxylic acid groups (broad SMARTS) is 1. The summed E-state index contributed by atoms with van der Waals surface area (Å²) >= 11 is 0. The van der Waals surface area contributed by atoms with Gasteiger partial charge in [-0.3, -0.25) is 9.69 Å². The minimum Gasteiger partial charge on any atom is -0.480 e. The van der Waals surface area contributed by atoms with Gasteiger partial charge in [0, 0.05) is 12.1 Å². The van der Waals surface area contributed by atoms with Crippen LogP contribution in [-0.2, 0) is 27.4 Å². The molecule has 1 aliphatic rings. The van der Waals surface area contributed by atoms with Crippen molar-refractivity contribution in [3.8, 4) is 0 Å². The Morgan fingerprint density at radius 3 is 2.41 bits per heavy atom. The van der Waals surface area contributed by atoms with Gasteiger partial charge in [0.05, 0.1) is 0 Å². The third-order valence-electron chi connectivity index (χ3n) is 4.92. The average molecular weight is 396 g/mol. The Kier molecular flexibility index (Phi) is 6.16. The van der Waals surface area contributed by atoms with Crippen LogP contribution in [0.4, 0.5) is 10.5 Å². The van der Waals surface area contributed by atoms with Crippen molar-refractivity contribution in [1.82, 2.24) is 5.32 Å². The number of carboxylic acids is 1. The van der Waals surface area contributed by atoms with Gasteiger partial charge in [0.25, 0.3) is 5.91 Å². The molecule has 7 nitrogen and oxygen atoms in total. The molecule has 0 radical (unpaired) electrons. The number of ether oxygens (including phenoxy) is 1. The van der Waals surface area contributed by atoms with E-state index in [0.29, 0.717) is 5.69 Å². The lowest BCUT2D eigenvalue weighted by Crippen LogP contribution is -2.55. The van der Waals surface area contributed by atoms with Gasteiger partial charge in [-0.25, -0.2) is 9.59 Å². The largest absolute Gasteiger partial charge is 0.480 e. The number of nitrogens with zero attached hydrogens (tertiary/aromatic N) is 1. The van der Waals surface area contributed by atoms with Crippen LogP contribution >= 0.6 is 0 Å². The Hall–Kier alpha value is -3.35. The molecule has 2 amide bonds. The zero-order chi connectivity index (χ0) is 21.0. The fourth-order valence-electron chi connectivity index (χ4n) is 3.41. The quantitative estimate of drug-likeness (QED) is 0.783. The van der Waals surface area contributed by atoms with Gasteiger partial charge in [-0.15, -0.1) is 0 Å². The van der Waals surface area contributed by atoms with Gasteiger partial charge in [0.2, 0.25) is 0 Å². The lowest BCUT2D eigenvalue weighted by Gasteiger charge is -2.29. The molecule has 7 heteroatoms. The van der Waals surface area contributed by atoms with Crippen LogP contribution in [0.25, 0.3) is 0 Å². The van der Waals surface area contributed by atoms with E-state index in [2.05, 4.69) is 5.32 Å². The number of alkyl carbamates (subject to hydrolysis) is 1. The number of anilines is 1. The molecule has 152 valence electrons. The van der Waals surface area contributed by atoms with Crippen LogP contribution < -0.4 is 10.2 Å². The van der Waals surface area contributed by atoms with Crippen LogP contribution in [0.15, 0.2) is 54.6 Å². The van der Waals surface area contributed by atoms with Crippen LogP contribution in [0.1, 0.15) is 25.0 Å². The van der Waals surface area contributed by atoms with Crippen molar-refractivity contribution in [2.75, 3.05) is 4.90 Å². The van der Waals surface area contributed by atoms with Crippen molar-refractivity contribution in [2.45, 2.75) is 39.0 Å². The van der Waals surface area contributed by atoms with Crippen LogP contribution in [-0.4, -0.2) is 35.2 Å². The van der Waals surface area contributed by atoms with E-state index < -0.39 is 30.1 Å². The van der Waals surface area contributed by atoms with Crippen LogP contribution in [0.2, 0.25) is 0 Å². The van der Waals surface area contributed by atoms with E-state index in [1.807, 2.05) is 42.5 Å². The predicted molar refractivity (Wildman–Crippen MR) is 107 cm³/mol. The summed E-state index contributed by atoms with van der Waals surface area (Å²) in [6.45, 7) is 3.66. The molecule has 0 spiro atoms. The fraction of sp³-hybridized carbons (Fsp3) is 0.318. The molecule has 2 N–H and O–H groups in total. The predicted octanol–water partition coefficient (Wildman–Crippen LogP) is 2.98. The van der Waals surface area contributed by atoms with E-state index in [-0.39, 0.29) is 18.9 Å². The van der Waals surface area contributed by atoms with Crippen molar-refractivity contribution < 1.29 is 24.2 Å². The molecular formula is C22H24N2O5. The Labute approximate surface area is 169 Å². The molecule has 0 unspecified atom stereocenters. The van der Waals surface area contributed by atoms with E-state index in [9.17, 15) is 19.5 Å². The molecule has 3 rings (SSSR count). The molecule has 0 aromatic heterocycles. The molecule has 0 aliphatic carbocycles. The molecule has 1 aliphatic heterocycles. The standard InChI is InChI=1S/C22H24N2O5/c1-14(2)19(23-22(28)29-13-15-8-4-3-5-9-15)20(25)24-17-11-7-6-10-16(17)12-18(24)21(26)27/h3-11,14,18-19H,12-13H2,1-2H3,(H,23,28)(H,26,27)/t18-,19-/m0/s1. The maximum absolute atomic E-state index is 13.3. The number of hydrogen-bond acceptors (Lipinski definition) is 4. The van der Waals surface area contributed by atoms with E-state index >= 15 is 0 Å². The number of carbonyl (C=O) groups excluding carboxylic acids is 2. The highest BCUT2D eigenvalue weighted by Gasteiger charge is 2.42. The average Bonchev–Trinajstić information content (AvgIpc) is 3.10. The Bertz CT molecular complexity index is 897. The summed E-state index contributed by atoms with van der Waals surface area (Å²) in [6, 6.07) is 14.4. The van der Waals surface area contributed by atoms with Gasteiger partial charge < -0.3 is 15.2 Å². The second kappa shape index (κ2) is 8.77. The summed E-state index contributed by atoms with van der Waals surface area (Å²) in [5.41, 5.74) is 2.19. The van der Waals surface area contributed by atoms with Gasteiger partial charge in [-0.2, -0.15) is 0 Å². The Morgan fingerprint density at radius 2 is 1.76 bits per heavy atom. The van der Waals surface area contributed by atoms with E-state index in [4.69, 9.17) is 4.74 Å². The van der Waals surface area contributed by atoms with E-state index in [1.165, 1.54) is 4.90 Å². The van der Waals surface area contributed by atoms with Crippen LogP contribution in [0.3, 0.4) is 0 Å². The normalized spacial score (nSPS) is 16.2. The summed E-state index contributed by atoms with van der Waals surface area (Å²) in [5.74, 6) is -1.80. The minimum atomic E-state index is -1.08. The first kappa shape index (κ1) is 20.4. The first-order chi connectivity index (χ1) is 13.9. The molecule has 2 aromatic rings. The van der Waals surface area contributed by atoms with Gasteiger partial charge in [0.1, 0.15) is 18.7 Å². The van der Waals surface area contributed by atoms with E-state index in [0.717, 1.165) is 11.1 Å². The van der Waals surface area contributed by atoms with Crippen molar-refractivity contribution in [1.29, 1.82) is 0 Å². The molecular weight excluding hydrogens is 372 g/mol. The molecule has 0 saturated carbocycles. The first-order valence-corrected chi connectivity index (χ1v) is 9.49. The summed E-state index contributed by atoms with van der Waals surface area (Å²) < 4.78 is 5.23.